The molecule has 11 nitrogen and oxygen atoms in total. The number of benzene rings is 1. The van der Waals surface area contributed by atoms with E-state index in [1.807, 2.05) is 6.07 Å². The normalized spacial score (nSPS) is 18.7. The van der Waals surface area contributed by atoms with Gasteiger partial charge in [0.05, 0.1) is 17.0 Å². The number of amides is 2. The molecule has 3 aromatic rings. The highest BCUT2D eigenvalue weighted by Gasteiger charge is 2.35. The zero-order chi connectivity index (χ0) is 24.4. The van der Waals surface area contributed by atoms with Gasteiger partial charge in [0.15, 0.2) is 5.78 Å². The molecule has 1 aliphatic rings. The molecule has 3 atom stereocenters. The molecule has 2 amide bonds. The van der Waals surface area contributed by atoms with E-state index in [9.17, 15) is 19.2 Å². The van der Waals surface area contributed by atoms with E-state index in [0.717, 1.165) is 5.39 Å². The fourth-order valence-corrected chi connectivity index (χ4v) is 3.79. The first kappa shape index (κ1) is 23.3. The van der Waals surface area contributed by atoms with Gasteiger partial charge in [0.25, 0.3) is 0 Å². The summed E-state index contributed by atoms with van der Waals surface area (Å²) >= 11 is 0. The van der Waals surface area contributed by atoms with Crippen LogP contribution in [0.2, 0.25) is 0 Å². The Hall–Kier alpha value is -3.86. The number of nitrogens with zero attached hydrogens (tertiary/aromatic N) is 3. The van der Waals surface area contributed by atoms with Crippen molar-refractivity contribution in [3.8, 4) is 0 Å². The van der Waals surface area contributed by atoms with E-state index in [-0.39, 0.29) is 42.5 Å². The fourth-order valence-electron chi connectivity index (χ4n) is 3.79. The van der Waals surface area contributed by atoms with Crippen LogP contribution in [0, 0.1) is 0 Å². The van der Waals surface area contributed by atoms with Crippen molar-refractivity contribution in [1.82, 2.24) is 20.2 Å². The molecule has 34 heavy (non-hydrogen) atoms. The van der Waals surface area contributed by atoms with E-state index in [2.05, 4.69) is 20.6 Å². The van der Waals surface area contributed by atoms with E-state index in [1.165, 1.54) is 4.90 Å². The average Bonchev–Trinajstić information content (AvgIpc) is 3.12. The van der Waals surface area contributed by atoms with Crippen LogP contribution in [0.5, 0.6) is 0 Å². The fraction of sp³-hybridized carbons (Fsp3) is 0.391. The summed E-state index contributed by atoms with van der Waals surface area (Å²) in [5.74, 6) is -1.63. The van der Waals surface area contributed by atoms with Gasteiger partial charge in [0, 0.05) is 32.1 Å². The predicted octanol–water partition coefficient (Wildman–Crippen LogP) is 0.858. The van der Waals surface area contributed by atoms with Crippen LogP contribution in [0.4, 0.5) is 5.82 Å². The van der Waals surface area contributed by atoms with Gasteiger partial charge in [0.1, 0.15) is 30.1 Å². The number of carbonyl (C=O) groups is 3. The minimum Gasteiger partial charge on any atom is -0.408 e. The number of carbonyl (C=O) groups excluding carboxylic acids is 3. The summed E-state index contributed by atoms with van der Waals surface area (Å²) < 4.78 is 10.6. The van der Waals surface area contributed by atoms with E-state index in [4.69, 9.17) is 9.15 Å². The summed E-state index contributed by atoms with van der Waals surface area (Å²) in [5.41, 5.74) is 0.930. The van der Waals surface area contributed by atoms with Crippen molar-refractivity contribution >= 4 is 45.3 Å². The van der Waals surface area contributed by atoms with Gasteiger partial charge in [-0.1, -0.05) is 6.07 Å². The second-order valence-electron chi connectivity index (χ2n) is 8.37. The number of ether oxygens (including phenoxy) is 1. The van der Waals surface area contributed by atoms with Crippen LogP contribution in [0.3, 0.4) is 0 Å². The highest BCUT2D eigenvalue weighted by Crippen LogP contribution is 2.26. The number of nitrogens with one attached hydrogen (secondary N) is 2. The molecule has 0 saturated carbocycles. The van der Waals surface area contributed by atoms with Crippen molar-refractivity contribution in [2.45, 2.75) is 38.0 Å². The quantitative estimate of drug-likeness (QED) is 0.483. The predicted molar refractivity (Wildman–Crippen MR) is 123 cm³/mol. The Balaban J connectivity index is 1.67. The monoisotopic (exact) mass is 467 g/mol. The minimum atomic E-state index is -0.957. The third-order valence-corrected chi connectivity index (χ3v) is 5.74. The summed E-state index contributed by atoms with van der Waals surface area (Å²) in [6.07, 6.45) is 1.33. The Morgan fingerprint density at radius 3 is 2.76 bits per heavy atom. The molecule has 178 valence electrons. The highest BCUT2D eigenvalue weighted by atomic mass is 16.5. The second-order valence-corrected chi connectivity index (χ2v) is 8.37. The number of hydrogen-bond acceptors (Lipinski definition) is 9. The Bertz CT molecular complexity index is 1320. The van der Waals surface area contributed by atoms with Crippen molar-refractivity contribution in [3.63, 3.8) is 0 Å². The summed E-state index contributed by atoms with van der Waals surface area (Å²) in [5, 5.41) is 6.92. The van der Waals surface area contributed by atoms with E-state index < -0.39 is 29.9 Å². The van der Waals surface area contributed by atoms with Gasteiger partial charge in [-0.05, 0) is 31.5 Å². The third kappa shape index (κ3) is 4.88. The first-order valence-electron chi connectivity index (χ1n) is 10.8. The molecule has 3 unspecified atom stereocenters. The topological polar surface area (TPSA) is 144 Å². The summed E-state index contributed by atoms with van der Waals surface area (Å²) in [7, 11) is 3.24. The van der Waals surface area contributed by atoms with E-state index in [0.29, 0.717) is 10.9 Å². The molecule has 2 aromatic heterocycles. The van der Waals surface area contributed by atoms with Crippen molar-refractivity contribution in [1.29, 1.82) is 0 Å². The van der Waals surface area contributed by atoms with Gasteiger partial charge < -0.3 is 24.7 Å². The molecule has 0 bridgehead atoms. The molecule has 11 heteroatoms. The molecular weight excluding hydrogens is 442 g/mol. The molecule has 0 spiro atoms. The molecule has 1 fully saturated rings. The average molecular weight is 467 g/mol. The molecule has 4 rings (SSSR count). The smallest absolute Gasteiger partial charge is 0.408 e. The van der Waals surface area contributed by atoms with Crippen molar-refractivity contribution in [3.05, 3.63) is 41.0 Å². The van der Waals surface area contributed by atoms with Gasteiger partial charge in [0.2, 0.25) is 11.8 Å². The standard InChI is InChI=1S/C23H25N5O6/c1-12-20(17(29)11-33-12)26-22(31)15(6-7-19(30)28(2)3)25-21-14-10-16-13(5-4-8-24-16)9-18(14)34-23(32)27-21/h4-5,8-10,12,15,20H,6-7,11H2,1-3H3,(H,26,31)(H,25,27,32). The second kappa shape index (κ2) is 9.56. The SMILES string of the molecule is CC1OCC(=O)C1NC(=O)C(CCC(=O)N(C)C)Nc1nc(=O)oc2cc3cccnc3cc12. The number of anilines is 1. The summed E-state index contributed by atoms with van der Waals surface area (Å²) in [6.45, 7) is 1.62. The van der Waals surface area contributed by atoms with Crippen LogP contribution in [0.15, 0.2) is 39.7 Å². The molecule has 1 aliphatic heterocycles. The molecule has 1 saturated heterocycles. The Morgan fingerprint density at radius 1 is 1.26 bits per heavy atom. The third-order valence-electron chi connectivity index (χ3n) is 5.74. The summed E-state index contributed by atoms with van der Waals surface area (Å²) in [4.78, 5) is 59.3. The maximum atomic E-state index is 13.2. The zero-order valence-electron chi connectivity index (χ0n) is 19.0. The molecule has 0 aliphatic carbocycles. The Kier molecular flexibility index (Phi) is 6.55. The van der Waals surface area contributed by atoms with Crippen LogP contribution in [-0.4, -0.2) is 71.4 Å². The van der Waals surface area contributed by atoms with Crippen LogP contribution < -0.4 is 16.4 Å². The van der Waals surface area contributed by atoms with Gasteiger partial charge in [-0.2, -0.15) is 4.98 Å². The lowest BCUT2D eigenvalue weighted by atomic mass is 10.1. The summed E-state index contributed by atoms with van der Waals surface area (Å²) in [6, 6.07) is 5.23. The Morgan fingerprint density at radius 2 is 2.06 bits per heavy atom. The van der Waals surface area contributed by atoms with Crippen LogP contribution in [0.25, 0.3) is 21.9 Å². The number of rotatable bonds is 7. The lowest BCUT2D eigenvalue weighted by molar-refractivity contribution is -0.129. The molecular formula is C23H25N5O6. The van der Waals surface area contributed by atoms with Gasteiger partial charge in [-0.15, -0.1) is 0 Å². The number of fused-ring (bicyclic) bond motifs is 2. The molecule has 0 radical (unpaired) electrons. The zero-order valence-corrected chi connectivity index (χ0v) is 19.0. The number of ketones is 1. The van der Waals surface area contributed by atoms with Crippen molar-refractivity contribution in [2.75, 3.05) is 26.0 Å². The Labute approximate surface area is 194 Å². The largest absolute Gasteiger partial charge is 0.441 e. The van der Waals surface area contributed by atoms with Crippen LogP contribution in [0.1, 0.15) is 19.8 Å². The number of hydrogen-bond donors (Lipinski definition) is 2. The van der Waals surface area contributed by atoms with E-state index in [1.54, 1.807) is 45.4 Å². The lowest BCUT2D eigenvalue weighted by Gasteiger charge is -2.23. The first-order valence-corrected chi connectivity index (χ1v) is 10.8. The van der Waals surface area contributed by atoms with Crippen LogP contribution in [-0.2, 0) is 19.1 Å². The van der Waals surface area contributed by atoms with Crippen molar-refractivity contribution < 1.29 is 23.5 Å². The van der Waals surface area contributed by atoms with Crippen molar-refractivity contribution in [2.24, 2.45) is 0 Å². The highest BCUT2D eigenvalue weighted by molar-refractivity contribution is 6.00. The maximum absolute atomic E-state index is 13.2. The lowest BCUT2D eigenvalue weighted by Crippen LogP contribution is -2.50. The first-order chi connectivity index (χ1) is 16.2. The molecule has 2 N–H and O–H groups in total. The van der Waals surface area contributed by atoms with E-state index >= 15 is 0 Å². The van der Waals surface area contributed by atoms with Crippen LogP contribution >= 0.6 is 0 Å². The number of Topliss-reactive ketones (excluding diaryl/α,β-unsaturated/α-hetero) is 1. The number of aromatic nitrogens is 2. The number of pyridine rings is 1. The van der Waals surface area contributed by atoms with Gasteiger partial charge in [-0.3, -0.25) is 19.4 Å². The van der Waals surface area contributed by atoms with Gasteiger partial charge in [-0.25, -0.2) is 4.79 Å². The minimum absolute atomic E-state index is 0.0621. The maximum Gasteiger partial charge on any atom is 0.441 e. The molecule has 1 aromatic carbocycles. The van der Waals surface area contributed by atoms with Gasteiger partial charge >= 0.3 is 5.76 Å². The molecule has 3 heterocycles.